The molecule has 3 fully saturated rings. The number of carboxylic acids is 1. The second-order valence-corrected chi connectivity index (χ2v) is 14.4. The van der Waals surface area contributed by atoms with Gasteiger partial charge in [-0.2, -0.15) is 0 Å². The largest absolute Gasteiger partial charge is 0.476 e. The summed E-state index contributed by atoms with van der Waals surface area (Å²) in [5.41, 5.74) is 13.8. The molecule has 2 aromatic heterocycles. The van der Waals surface area contributed by atoms with Crippen molar-refractivity contribution in [2.45, 2.75) is 50.5 Å². The van der Waals surface area contributed by atoms with Crippen molar-refractivity contribution in [1.82, 2.24) is 24.9 Å². The molecule has 1 saturated carbocycles. The Labute approximate surface area is 305 Å². The minimum Gasteiger partial charge on any atom is -0.476 e. The summed E-state index contributed by atoms with van der Waals surface area (Å²) in [7, 11) is 0. The zero-order chi connectivity index (χ0) is 36.6. The van der Waals surface area contributed by atoms with E-state index in [0.29, 0.717) is 6.07 Å². The maximum atomic E-state index is 14.3. The first kappa shape index (κ1) is 34.6. The van der Waals surface area contributed by atoms with Gasteiger partial charge >= 0.3 is 5.97 Å². The number of amides is 1. The first-order valence-electron chi connectivity index (χ1n) is 18.2. The molecule has 0 unspecified atom stereocenters. The van der Waals surface area contributed by atoms with Crippen molar-refractivity contribution in [2.75, 3.05) is 31.9 Å². The molecule has 0 spiro atoms. The Morgan fingerprint density at radius 1 is 0.906 bits per heavy atom. The van der Waals surface area contributed by atoms with Crippen molar-refractivity contribution in [3.05, 3.63) is 119 Å². The Bertz CT molecular complexity index is 2160. The Morgan fingerprint density at radius 2 is 1.70 bits per heavy atom. The molecule has 5 aromatic rings. The van der Waals surface area contributed by atoms with E-state index in [-0.39, 0.29) is 40.8 Å². The van der Waals surface area contributed by atoms with Crippen LogP contribution in [0.25, 0.3) is 22.5 Å². The third kappa shape index (κ3) is 7.03. The van der Waals surface area contributed by atoms with Gasteiger partial charge in [-0.15, -0.1) is 0 Å². The van der Waals surface area contributed by atoms with Crippen LogP contribution in [0, 0.1) is 23.5 Å². The highest BCUT2D eigenvalue weighted by molar-refractivity contribution is 5.87. The molecule has 4 heterocycles. The quantitative estimate of drug-likeness (QED) is 0.165. The molecule has 272 valence electrons. The van der Waals surface area contributed by atoms with Gasteiger partial charge in [-0.25, -0.2) is 23.5 Å². The van der Waals surface area contributed by atoms with E-state index in [0.717, 1.165) is 87.5 Å². The number of anilines is 1. The third-order valence-corrected chi connectivity index (χ3v) is 11.0. The molecule has 1 amide bonds. The van der Waals surface area contributed by atoms with Crippen molar-refractivity contribution in [3.8, 4) is 22.5 Å². The fraction of sp³-hybridized carbons (Fsp3) is 0.341. The first-order chi connectivity index (χ1) is 25.7. The molecule has 3 aromatic carbocycles. The van der Waals surface area contributed by atoms with E-state index < -0.39 is 17.6 Å². The van der Waals surface area contributed by atoms with E-state index in [2.05, 4.69) is 65.8 Å². The summed E-state index contributed by atoms with van der Waals surface area (Å²) in [6.07, 6.45) is 10.0. The number of carbonyl (C=O) groups is 2. The molecule has 12 heteroatoms. The number of fused-ring (bicyclic) bond motifs is 3. The minimum absolute atomic E-state index is 0.0278. The average molecular weight is 719 g/mol. The van der Waals surface area contributed by atoms with Gasteiger partial charge < -0.3 is 25.2 Å². The van der Waals surface area contributed by atoms with Gasteiger partial charge in [-0.3, -0.25) is 4.79 Å². The van der Waals surface area contributed by atoms with Crippen LogP contribution in [0.3, 0.4) is 0 Å². The van der Waals surface area contributed by atoms with Gasteiger partial charge in [0.2, 0.25) is 5.91 Å². The standard InChI is InChI=1S/C31H35N5O.C10H5F2NO3/c32-29-25(11-10-23-22-6-2-1-5-21(22)17-26(23)29)24-12-16-35(18-20-8-9-20)19-27(24)31(37)36-15-3-7-28(36)30-33-13-4-14-34-30;11-5-1-2-6(7(12)3-5)9-4-8(10(14)15)13-16-9/h1-2,4-6,10-11,13-14,20,24,27-28H,3,7-9,12,15-19,32H2;1-4H,(H,14,15)/t24-,27-,28+;/m1./s1. The molecule has 2 saturated heterocycles. The number of benzene rings is 3. The molecule has 4 aliphatic rings. The van der Waals surface area contributed by atoms with Crippen LogP contribution in [-0.4, -0.2) is 68.1 Å². The molecule has 9 rings (SSSR count). The highest BCUT2D eigenvalue weighted by Gasteiger charge is 2.43. The Morgan fingerprint density at radius 3 is 2.45 bits per heavy atom. The van der Waals surface area contributed by atoms with Crippen molar-refractivity contribution in [2.24, 2.45) is 11.8 Å². The number of halogens is 2. The van der Waals surface area contributed by atoms with Gasteiger partial charge in [0.1, 0.15) is 11.6 Å². The van der Waals surface area contributed by atoms with Crippen LogP contribution in [-0.2, 0) is 11.2 Å². The van der Waals surface area contributed by atoms with Crippen molar-refractivity contribution in [1.29, 1.82) is 0 Å². The summed E-state index contributed by atoms with van der Waals surface area (Å²) < 4.78 is 30.5. The smallest absolute Gasteiger partial charge is 0.358 e. The molecule has 2 aliphatic heterocycles. The summed E-state index contributed by atoms with van der Waals surface area (Å²) in [4.78, 5) is 38.5. The molecular weight excluding hydrogens is 678 g/mol. The summed E-state index contributed by atoms with van der Waals surface area (Å²) in [6, 6.07) is 18.8. The Hall–Kier alpha value is -5.49. The number of carboxylic acid groups (broad SMARTS) is 1. The number of carbonyl (C=O) groups excluding carboxylic acids is 1. The number of hydrogen-bond donors (Lipinski definition) is 2. The number of nitrogens with zero attached hydrogens (tertiary/aromatic N) is 5. The average Bonchev–Trinajstić information content (AvgIpc) is 3.52. The maximum absolute atomic E-state index is 14.3. The van der Waals surface area contributed by atoms with Gasteiger partial charge in [0.15, 0.2) is 17.3 Å². The Balaban J connectivity index is 0.000000210. The summed E-state index contributed by atoms with van der Waals surface area (Å²) in [5, 5.41) is 11.8. The number of nitrogen functional groups attached to an aromatic ring is 1. The SMILES string of the molecule is Nc1c([C@H]2CCN(CC3CC3)C[C@H]2C(=O)N2CCC[C@H]2c2ncccn2)ccc2c1Cc1ccccc1-2.O=C(O)c1cc(-c2ccc(F)cc2F)on1. The van der Waals surface area contributed by atoms with Crippen LogP contribution in [0.2, 0.25) is 0 Å². The van der Waals surface area contributed by atoms with Crippen LogP contribution in [0.15, 0.2) is 83.6 Å². The normalized spacial score (nSPS) is 20.7. The predicted octanol–water partition coefficient (Wildman–Crippen LogP) is 7.13. The molecule has 3 N–H and O–H groups in total. The van der Waals surface area contributed by atoms with Gasteiger partial charge in [-0.1, -0.05) is 41.6 Å². The fourth-order valence-electron chi connectivity index (χ4n) is 8.24. The van der Waals surface area contributed by atoms with E-state index in [9.17, 15) is 18.4 Å². The van der Waals surface area contributed by atoms with E-state index in [1.54, 1.807) is 12.4 Å². The Kier molecular flexibility index (Phi) is 9.46. The van der Waals surface area contributed by atoms with Gasteiger partial charge in [0, 0.05) is 56.3 Å². The fourth-order valence-corrected chi connectivity index (χ4v) is 8.24. The van der Waals surface area contributed by atoms with Crippen molar-refractivity contribution in [3.63, 3.8) is 0 Å². The van der Waals surface area contributed by atoms with E-state index >= 15 is 0 Å². The zero-order valence-electron chi connectivity index (χ0n) is 29.1. The number of aromatic carboxylic acids is 1. The topological polar surface area (TPSA) is 139 Å². The predicted molar refractivity (Wildman–Crippen MR) is 194 cm³/mol. The molecule has 0 radical (unpaired) electrons. The summed E-state index contributed by atoms with van der Waals surface area (Å²) in [6.45, 7) is 3.75. The summed E-state index contributed by atoms with van der Waals surface area (Å²) >= 11 is 0. The number of aromatic nitrogens is 3. The van der Waals surface area contributed by atoms with Gasteiger partial charge in [-0.05, 0) is 96.5 Å². The lowest BCUT2D eigenvalue weighted by molar-refractivity contribution is -0.139. The third-order valence-electron chi connectivity index (χ3n) is 11.0. The number of rotatable bonds is 7. The highest BCUT2D eigenvalue weighted by atomic mass is 19.1. The second-order valence-electron chi connectivity index (χ2n) is 14.4. The van der Waals surface area contributed by atoms with Crippen molar-refractivity contribution < 1.29 is 28.0 Å². The molecule has 3 atom stereocenters. The number of hydrogen-bond acceptors (Lipinski definition) is 8. The van der Waals surface area contributed by atoms with E-state index in [1.165, 1.54) is 40.7 Å². The lowest BCUT2D eigenvalue weighted by Crippen LogP contribution is -2.48. The number of piperidine rings is 1. The monoisotopic (exact) mass is 718 g/mol. The second kappa shape index (κ2) is 14.5. The number of likely N-dealkylation sites (tertiary alicyclic amines) is 2. The van der Waals surface area contributed by atoms with E-state index in [4.69, 9.17) is 10.8 Å². The molecule has 10 nitrogen and oxygen atoms in total. The lowest BCUT2D eigenvalue weighted by atomic mass is 9.77. The first-order valence-corrected chi connectivity index (χ1v) is 18.2. The highest BCUT2D eigenvalue weighted by Crippen LogP contribution is 2.46. The number of nitrogens with two attached hydrogens (primary N) is 1. The summed E-state index contributed by atoms with van der Waals surface area (Å²) in [5.74, 6) is -1.03. The zero-order valence-corrected chi connectivity index (χ0v) is 29.1. The van der Waals surface area contributed by atoms with Crippen LogP contribution >= 0.6 is 0 Å². The van der Waals surface area contributed by atoms with Gasteiger partial charge in [0.05, 0.1) is 17.5 Å². The molecule has 0 bridgehead atoms. The molecule has 53 heavy (non-hydrogen) atoms. The molecular formula is C41H40F2N6O4. The maximum Gasteiger partial charge on any atom is 0.358 e. The van der Waals surface area contributed by atoms with Crippen LogP contribution in [0.1, 0.15) is 77.1 Å². The lowest BCUT2D eigenvalue weighted by Gasteiger charge is -2.41. The van der Waals surface area contributed by atoms with Gasteiger partial charge in [0.25, 0.3) is 0 Å². The molecule has 2 aliphatic carbocycles. The van der Waals surface area contributed by atoms with Crippen LogP contribution in [0.5, 0.6) is 0 Å². The van der Waals surface area contributed by atoms with Crippen LogP contribution in [0.4, 0.5) is 14.5 Å². The van der Waals surface area contributed by atoms with E-state index in [1.807, 2.05) is 6.07 Å². The van der Waals surface area contributed by atoms with Crippen LogP contribution < -0.4 is 5.73 Å². The minimum atomic E-state index is -1.28. The van der Waals surface area contributed by atoms with Crippen molar-refractivity contribution >= 4 is 17.6 Å².